The molecule has 0 radical (unpaired) electrons. The van der Waals surface area contributed by atoms with Gasteiger partial charge in [0.15, 0.2) is 0 Å². The first-order valence-corrected chi connectivity index (χ1v) is 10.2. The van der Waals surface area contributed by atoms with Gasteiger partial charge in [-0.15, -0.1) is 0 Å². The molecule has 146 valence electrons. The highest BCUT2D eigenvalue weighted by Crippen LogP contribution is 2.21. The molecule has 2 aromatic rings. The Morgan fingerprint density at radius 2 is 1.78 bits per heavy atom. The normalized spacial score (nSPS) is 11.1. The largest absolute Gasteiger partial charge is 0.492 e. The smallest absolute Gasteiger partial charge is 0.240 e. The summed E-state index contributed by atoms with van der Waals surface area (Å²) in [6.07, 6.45) is 0.926. The summed E-state index contributed by atoms with van der Waals surface area (Å²) >= 11 is 0. The molecule has 0 atom stereocenters. The van der Waals surface area contributed by atoms with Crippen LogP contribution in [0.25, 0.3) is 0 Å². The zero-order valence-corrected chi connectivity index (χ0v) is 16.3. The maximum atomic E-state index is 13.9. The number of para-hydroxylation sites is 1. The van der Waals surface area contributed by atoms with Crippen LogP contribution in [-0.4, -0.2) is 40.3 Å². The average Bonchev–Trinajstić information content (AvgIpc) is 2.55. The minimum absolute atomic E-state index is 0.165. The standard InChI is InChI=1S/C19H23FN2O4S/c1-14-10-15(2)12-16(11-14)26-9-8-21-19(23)13-22(27(3,24)25)18-7-5-4-6-17(18)20/h4-7,10-12H,8-9,13H2,1-3H3,(H,21,23). The first kappa shape index (κ1) is 20.7. The molecule has 0 aliphatic carbocycles. The molecule has 0 saturated carbocycles. The van der Waals surface area contributed by atoms with E-state index in [1.165, 1.54) is 18.2 Å². The molecule has 0 heterocycles. The molecule has 0 fully saturated rings. The van der Waals surface area contributed by atoms with Crippen LogP contribution in [0.5, 0.6) is 5.75 Å². The highest BCUT2D eigenvalue weighted by molar-refractivity contribution is 7.92. The predicted octanol–water partition coefficient (Wildman–Crippen LogP) is 2.40. The van der Waals surface area contributed by atoms with Crippen LogP contribution in [-0.2, 0) is 14.8 Å². The zero-order chi connectivity index (χ0) is 20.0. The fourth-order valence-corrected chi connectivity index (χ4v) is 3.45. The first-order valence-electron chi connectivity index (χ1n) is 8.37. The molecule has 2 aromatic carbocycles. The van der Waals surface area contributed by atoms with Crippen molar-refractivity contribution in [1.29, 1.82) is 0 Å². The number of anilines is 1. The van der Waals surface area contributed by atoms with Crippen LogP contribution in [0.4, 0.5) is 10.1 Å². The van der Waals surface area contributed by atoms with Gasteiger partial charge in [0.25, 0.3) is 0 Å². The Labute approximate surface area is 159 Å². The van der Waals surface area contributed by atoms with E-state index < -0.39 is 28.3 Å². The van der Waals surface area contributed by atoms with Crippen molar-refractivity contribution >= 4 is 21.6 Å². The lowest BCUT2D eigenvalue weighted by Gasteiger charge is -2.22. The molecule has 1 amide bonds. The number of halogens is 1. The monoisotopic (exact) mass is 394 g/mol. The van der Waals surface area contributed by atoms with E-state index in [0.717, 1.165) is 27.8 Å². The van der Waals surface area contributed by atoms with E-state index in [9.17, 15) is 17.6 Å². The van der Waals surface area contributed by atoms with Gasteiger partial charge in [-0.2, -0.15) is 0 Å². The number of nitrogens with zero attached hydrogens (tertiary/aromatic N) is 1. The lowest BCUT2D eigenvalue weighted by molar-refractivity contribution is -0.119. The van der Waals surface area contributed by atoms with Gasteiger partial charge in [-0.25, -0.2) is 12.8 Å². The molecule has 0 spiro atoms. The van der Waals surface area contributed by atoms with Crippen LogP contribution in [0.3, 0.4) is 0 Å². The summed E-state index contributed by atoms with van der Waals surface area (Å²) in [5.74, 6) is -0.563. The Bertz CT molecular complexity index is 895. The number of carbonyl (C=O) groups excluding carboxylic acids is 1. The van der Waals surface area contributed by atoms with Crippen LogP contribution in [0.1, 0.15) is 11.1 Å². The second-order valence-corrected chi connectivity index (χ2v) is 8.15. The lowest BCUT2D eigenvalue weighted by Crippen LogP contribution is -2.41. The van der Waals surface area contributed by atoms with Gasteiger partial charge in [-0.1, -0.05) is 18.2 Å². The van der Waals surface area contributed by atoms with Crippen molar-refractivity contribution in [2.75, 3.05) is 30.3 Å². The Morgan fingerprint density at radius 3 is 2.37 bits per heavy atom. The van der Waals surface area contributed by atoms with E-state index in [-0.39, 0.29) is 18.8 Å². The number of nitrogens with one attached hydrogen (secondary N) is 1. The Kier molecular flexibility index (Phi) is 6.79. The summed E-state index contributed by atoms with van der Waals surface area (Å²) in [6.45, 7) is 3.84. The summed E-state index contributed by atoms with van der Waals surface area (Å²) in [5.41, 5.74) is 1.98. The van der Waals surface area contributed by atoms with E-state index in [2.05, 4.69) is 5.32 Å². The SMILES string of the molecule is Cc1cc(C)cc(OCCNC(=O)CN(c2ccccc2F)S(C)(=O)=O)c1. The first-order chi connectivity index (χ1) is 12.7. The molecule has 0 unspecified atom stereocenters. The van der Waals surface area contributed by atoms with Crippen LogP contribution in [0.2, 0.25) is 0 Å². The van der Waals surface area contributed by atoms with Crippen LogP contribution < -0.4 is 14.4 Å². The minimum Gasteiger partial charge on any atom is -0.492 e. The number of amides is 1. The Morgan fingerprint density at radius 1 is 1.15 bits per heavy atom. The van der Waals surface area contributed by atoms with Crippen molar-refractivity contribution in [3.05, 3.63) is 59.4 Å². The van der Waals surface area contributed by atoms with E-state index in [1.54, 1.807) is 0 Å². The van der Waals surface area contributed by atoms with Crippen molar-refractivity contribution < 1.29 is 22.3 Å². The number of aryl methyl sites for hydroxylation is 2. The van der Waals surface area contributed by atoms with E-state index in [0.29, 0.717) is 5.75 Å². The number of benzene rings is 2. The van der Waals surface area contributed by atoms with Gasteiger partial charge in [0.2, 0.25) is 15.9 Å². The maximum Gasteiger partial charge on any atom is 0.240 e. The number of hydrogen-bond acceptors (Lipinski definition) is 4. The van der Waals surface area contributed by atoms with Gasteiger partial charge in [-0.3, -0.25) is 9.10 Å². The highest BCUT2D eigenvalue weighted by Gasteiger charge is 2.23. The second kappa shape index (κ2) is 8.85. The Balaban J connectivity index is 1.92. The molecule has 2 rings (SSSR count). The van der Waals surface area contributed by atoms with E-state index in [1.807, 2.05) is 32.0 Å². The fraction of sp³-hybridized carbons (Fsp3) is 0.316. The molecule has 1 N–H and O–H groups in total. The number of rotatable bonds is 8. The topological polar surface area (TPSA) is 75.7 Å². The minimum atomic E-state index is -3.82. The average molecular weight is 394 g/mol. The molecule has 0 aliphatic rings. The van der Waals surface area contributed by atoms with Crippen molar-refractivity contribution in [2.24, 2.45) is 0 Å². The summed E-state index contributed by atoms with van der Waals surface area (Å²) in [7, 11) is -3.82. The lowest BCUT2D eigenvalue weighted by atomic mass is 10.1. The molecule has 0 bridgehead atoms. The van der Waals surface area contributed by atoms with Crippen molar-refractivity contribution in [3.63, 3.8) is 0 Å². The molecule has 6 nitrogen and oxygen atoms in total. The molecular formula is C19H23FN2O4S. The molecule has 0 aliphatic heterocycles. The quantitative estimate of drug-likeness (QED) is 0.698. The van der Waals surface area contributed by atoms with Gasteiger partial charge in [0.1, 0.15) is 24.7 Å². The number of carbonyl (C=O) groups is 1. The number of hydrogen-bond donors (Lipinski definition) is 1. The van der Waals surface area contributed by atoms with Crippen molar-refractivity contribution in [2.45, 2.75) is 13.8 Å². The fourth-order valence-electron chi connectivity index (χ4n) is 2.60. The van der Waals surface area contributed by atoms with Gasteiger partial charge in [0.05, 0.1) is 18.5 Å². The van der Waals surface area contributed by atoms with Crippen LogP contribution in [0.15, 0.2) is 42.5 Å². The highest BCUT2D eigenvalue weighted by atomic mass is 32.2. The van der Waals surface area contributed by atoms with E-state index >= 15 is 0 Å². The van der Waals surface area contributed by atoms with Gasteiger partial charge >= 0.3 is 0 Å². The van der Waals surface area contributed by atoms with Gasteiger partial charge in [0, 0.05) is 0 Å². The summed E-state index contributed by atoms with van der Waals surface area (Å²) in [4.78, 5) is 12.1. The van der Waals surface area contributed by atoms with Crippen molar-refractivity contribution in [3.8, 4) is 5.75 Å². The van der Waals surface area contributed by atoms with E-state index in [4.69, 9.17) is 4.74 Å². The molecule has 8 heteroatoms. The third-order valence-electron chi connectivity index (χ3n) is 3.70. The third kappa shape index (κ3) is 6.25. The Hall–Kier alpha value is -2.61. The van der Waals surface area contributed by atoms with Crippen LogP contribution in [0, 0.1) is 19.7 Å². The third-order valence-corrected chi connectivity index (χ3v) is 4.82. The molecule has 0 saturated heterocycles. The zero-order valence-electron chi connectivity index (χ0n) is 15.5. The summed E-state index contributed by atoms with van der Waals surface area (Å²) in [5, 5.41) is 2.58. The molecule has 27 heavy (non-hydrogen) atoms. The number of sulfonamides is 1. The van der Waals surface area contributed by atoms with Gasteiger partial charge in [-0.05, 0) is 49.2 Å². The predicted molar refractivity (Wildman–Crippen MR) is 103 cm³/mol. The second-order valence-electron chi connectivity index (χ2n) is 6.24. The molecule has 0 aromatic heterocycles. The van der Waals surface area contributed by atoms with Gasteiger partial charge < -0.3 is 10.1 Å². The summed E-state index contributed by atoms with van der Waals surface area (Å²) < 4.78 is 44.2. The molecular weight excluding hydrogens is 371 g/mol. The maximum absolute atomic E-state index is 13.9. The van der Waals surface area contributed by atoms with Crippen LogP contribution >= 0.6 is 0 Å². The van der Waals surface area contributed by atoms with Crippen molar-refractivity contribution in [1.82, 2.24) is 5.32 Å². The number of ether oxygens (including phenoxy) is 1. The summed E-state index contributed by atoms with van der Waals surface area (Å²) in [6, 6.07) is 11.2.